The van der Waals surface area contributed by atoms with Crippen molar-refractivity contribution < 1.29 is 4.79 Å². The van der Waals surface area contributed by atoms with Gasteiger partial charge in [-0.25, -0.2) is 0 Å². The van der Waals surface area contributed by atoms with E-state index < -0.39 is 0 Å². The van der Waals surface area contributed by atoms with E-state index in [1.165, 1.54) is 32.1 Å². The van der Waals surface area contributed by atoms with Crippen LogP contribution in [-0.2, 0) is 4.79 Å². The Morgan fingerprint density at radius 2 is 2.12 bits per heavy atom. The molecule has 3 N–H and O–H groups in total. The molecule has 0 bridgehead atoms. The predicted octanol–water partition coefficient (Wildman–Crippen LogP) is 0.858. The number of carbonyl (C=O) groups excluding carboxylic acids is 1. The van der Waals surface area contributed by atoms with Crippen molar-refractivity contribution in [3.8, 4) is 0 Å². The van der Waals surface area contributed by atoms with Crippen molar-refractivity contribution in [3.63, 3.8) is 0 Å². The zero-order valence-electron chi connectivity index (χ0n) is 10.7. The van der Waals surface area contributed by atoms with Crippen LogP contribution in [0.25, 0.3) is 0 Å². The number of nitrogens with one attached hydrogen (secondary N) is 1. The number of piperidine rings is 1. The molecule has 2 aliphatic rings. The van der Waals surface area contributed by atoms with Gasteiger partial charge in [0, 0.05) is 25.0 Å². The predicted molar refractivity (Wildman–Crippen MR) is 68.7 cm³/mol. The molecule has 0 aromatic rings. The molecular formula is C13H25N3O. The van der Waals surface area contributed by atoms with Crippen LogP contribution in [-0.4, -0.2) is 42.5 Å². The van der Waals surface area contributed by atoms with Gasteiger partial charge >= 0.3 is 0 Å². The molecular weight excluding hydrogens is 214 g/mol. The van der Waals surface area contributed by atoms with Crippen LogP contribution in [0.1, 0.15) is 44.9 Å². The molecule has 98 valence electrons. The molecule has 4 heteroatoms. The minimum atomic E-state index is 0.226. The first-order valence-corrected chi connectivity index (χ1v) is 7.03. The zero-order valence-corrected chi connectivity index (χ0v) is 10.7. The standard InChI is InChI=1S/C13H25N3O/c14-8-6-12-3-1-2-9-16(12)10-7-13(17)15-11-4-5-11/h11-12H,1-10,14H2,(H,15,17). The van der Waals surface area contributed by atoms with E-state index in [0.717, 1.165) is 26.1 Å². The number of hydrogen-bond donors (Lipinski definition) is 2. The number of likely N-dealkylation sites (tertiary alicyclic amines) is 1. The van der Waals surface area contributed by atoms with Crippen LogP contribution in [0.4, 0.5) is 0 Å². The van der Waals surface area contributed by atoms with Gasteiger partial charge in [0.15, 0.2) is 0 Å². The van der Waals surface area contributed by atoms with Gasteiger partial charge in [-0.2, -0.15) is 0 Å². The number of rotatable bonds is 6. The summed E-state index contributed by atoms with van der Waals surface area (Å²) < 4.78 is 0. The lowest BCUT2D eigenvalue weighted by Crippen LogP contribution is -2.42. The van der Waals surface area contributed by atoms with Gasteiger partial charge < -0.3 is 11.1 Å². The average Bonchev–Trinajstić information content (AvgIpc) is 3.12. The third kappa shape index (κ3) is 4.28. The summed E-state index contributed by atoms with van der Waals surface area (Å²) >= 11 is 0. The van der Waals surface area contributed by atoms with Gasteiger partial charge in [0.2, 0.25) is 5.91 Å². The fourth-order valence-corrected chi connectivity index (χ4v) is 2.65. The highest BCUT2D eigenvalue weighted by molar-refractivity contribution is 5.76. The number of amides is 1. The maximum absolute atomic E-state index is 11.6. The molecule has 0 aromatic carbocycles. The molecule has 1 amide bonds. The number of hydrogen-bond acceptors (Lipinski definition) is 3. The van der Waals surface area contributed by atoms with E-state index in [4.69, 9.17) is 5.73 Å². The van der Waals surface area contributed by atoms with E-state index in [1.54, 1.807) is 0 Å². The summed E-state index contributed by atoms with van der Waals surface area (Å²) in [5.74, 6) is 0.226. The Kier molecular flexibility index (Phi) is 4.80. The number of carbonyl (C=O) groups is 1. The van der Waals surface area contributed by atoms with Crippen molar-refractivity contribution >= 4 is 5.91 Å². The minimum Gasteiger partial charge on any atom is -0.353 e. The van der Waals surface area contributed by atoms with Crippen LogP contribution in [0, 0.1) is 0 Å². The molecule has 1 saturated carbocycles. The van der Waals surface area contributed by atoms with E-state index in [1.807, 2.05) is 0 Å². The highest BCUT2D eigenvalue weighted by Gasteiger charge is 2.25. The second kappa shape index (κ2) is 6.36. The van der Waals surface area contributed by atoms with E-state index >= 15 is 0 Å². The second-order valence-electron chi connectivity index (χ2n) is 5.35. The lowest BCUT2D eigenvalue weighted by atomic mass is 9.99. The van der Waals surface area contributed by atoms with Crippen molar-refractivity contribution in [2.45, 2.75) is 57.0 Å². The minimum absolute atomic E-state index is 0.226. The second-order valence-corrected chi connectivity index (χ2v) is 5.35. The largest absolute Gasteiger partial charge is 0.353 e. The molecule has 2 fully saturated rings. The zero-order chi connectivity index (χ0) is 12.1. The van der Waals surface area contributed by atoms with Crippen molar-refractivity contribution in [1.82, 2.24) is 10.2 Å². The average molecular weight is 239 g/mol. The third-order valence-corrected chi connectivity index (χ3v) is 3.82. The van der Waals surface area contributed by atoms with Crippen LogP contribution in [0.5, 0.6) is 0 Å². The molecule has 1 heterocycles. The molecule has 1 aliphatic carbocycles. The van der Waals surface area contributed by atoms with Crippen LogP contribution in [0.15, 0.2) is 0 Å². The highest BCUT2D eigenvalue weighted by Crippen LogP contribution is 2.20. The number of nitrogens with two attached hydrogens (primary N) is 1. The Hall–Kier alpha value is -0.610. The van der Waals surface area contributed by atoms with Crippen molar-refractivity contribution in [1.29, 1.82) is 0 Å². The monoisotopic (exact) mass is 239 g/mol. The van der Waals surface area contributed by atoms with E-state index in [9.17, 15) is 4.79 Å². The Morgan fingerprint density at radius 1 is 1.29 bits per heavy atom. The molecule has 1 atom stereocenters. The molecule has 4 nitrogen and oxygen atoms in total. The SMILES string of the molecule is NCCC1CCCCN1CCC(=O)NC1CC1. The Morgan fingerprint density at radius 3 is 2.82 bits per heavy atom. The molecule has 17 heavy (non-hydrogen) atoms. The third-order valence-electron chi connectivity index (χ3n) is 3.82. The van der Waals surface area contributed by atoms with Crippen molar-refractivity contribution in [3.05, 3.63) is 0 Å². The maximum Gasteiger partial charge on any atom is 0.221 e. The summed E-state index contributed by atoms with van der Waals surface area (Å²) in [6, 6.07) is 1.10. The van der Waals surface area contributed by atoms with Gasteiger partial charge in [0.05, 0.1) is 0 Å². The van der Waals surface area contributed by atoms with E-state index in [-0.39, 0.29) is 5.91 Å². The molecule has 1 saturated heterocycles. The maximum atomic E-state index is 11.6. The lowest BCUT2D eigenvalue weighted by Gasteiger charge is -2.35. The summed E-state index contributed by atoms with van der Waals surface area (Å²) in [7, 11) is 0. The van der Waals surface area contributed by atoms with Crippen LogP contribution in [0.3, 0.4) is 0 Å². The Bertz CT molecular complexity index is 251. The summed E-state index contributed by atoms with van der Waals surface area (Å²) in [6.45, 7) is 2.81. The first kappa shape index (κ1) is 12.8. The van der Waals surface area contributed by atoms with Crippen LogP contribution in [0.2, 0.25) is 0 Å². The van der Waals surface area contributed by atoms with Gasteiger partial charge in [-0.3, -0.25) is 9.69 Å². The summed E-state index contributed by atoms with van der Waals surface area (Å²) in [6.07, 6.45) is 7.90. The quantitative estimate of drug-likeness (QED) is 0.723. The van der Waals surface area contributed by atoms with Gasteiger partial charge in [0.25, 0.3) is 0 Å². The lowest BCUT2D eigenvalue weighted by molar-refractivity contribution is -0.121. The van der Waals surface area contributed by atoms with Crippen molar-refractivity contribution in [2.75, 3.05) is 19.6 Å². The molecule has 1 unspecified atom stereocenters. The van der Waals surface area contributed by atoms with Gasteiger partial charge in [-0.05, 0) is 45.2 Å². The normalized spacial score (nSPS) is 25.8. The molecule has 1 aliphatic heterocycles. The highest BCUT2D eigenvalue weighted by atomic mass is 16.1. The van der Waals surface area contributed by atoms with Crippen LogP contribution < -0.4 is 11.1 Å². The van der Waals surface area contributed by atoms with Gasteiger partial charge in [0.1, 0.15) is 0 Å². The fourth-order valence-electron chi connectivity index (χ4n) is 2.65. The van der Waals surface area contributed by atoms with Crippen LogP contribution >= 0.6 is 0 Å². The smallest absolute Gasteiger partial charge is 0.221 e. The molecule has 0 radical (unpaired) electrons. The Balaban J connectivity index is 1.69. The topological polar surface area (TPSA) is 58.4 Å². The summed E-state index contributed by atoms with van der Waals surface area (Å²) in [4.78, 5) is 14.1. The Labute approximate surface area is 104 Å². The molecule has 2 rings (SSSR count). The summed E-state index contributed by atoms with van der Waals surface area (Å²) in [5.41, 5.74) is 5.65. The summed E-state index contributed by atoms with van der Waals surface area (Å²) in [5, 5.41) is 3.05. The van der Waals surface area contributed by atoms with E-state index in [2.05, 4.69) is 10.2 Å². The number of nitrogens with zero attached hydrogens (tertiary/aromatic N) is 1. The van der Waals surface area contributed by atoms with Gasteiger partial charge in [-0.15, -0.1) is 0 Å². The molecule has 0 spiro atoms. The van der Waals surface area contributed by atoms with Gasteiger partial charge in [-0.1, -0.05) is 6.42 Å². The molecule has 0 aromatic heterocycles. The fraction of sp³-hybridized carbons (Fsp3) is 0.923. The first-order chi connectivity index (χ1) is 8.29. The van der Waals surface area contributed by atoms with Crippen molar-refractivity contribution in [2.24, 2.45) is 5.73 Å². The van der Waals surface area contributed by atoms with E-state index in [0.29, 0.717) is 18.5 Å². The first-order valence-electron chi connectivity index (χ1n) is 7.03.